The third-order valence-electron chi connectivity index (χ3n) is 4.29. The van der Waals surface area contributed by atoms with Crippen LogP contribution in [0.3, 0.4) is 0 Å². The Morgan fingerprint density at radius 1 is 0.824 bits per heavy atom. The molecule has 0 aliphatic carbocycles. The summed E-state index contributed by atoms with van der Waals surface area (Å²) in [7, 11) is 0. The average Bonchev–Trinajstić information content (AvgIpc) is 2.32. The normalized spacial score (nSPS) is 19.1. The molecule has 17 heavy (non-hydrogen) atoms. The smallest absolute Gasteiger partial charge is 0.103 e. The summed E-state index contributed by atoms with van der Waals surface area (Å²) in [6.07, 6.45) is 4.73. The van der Waals surface area contributed by atoms with Gasteiger partial charge in [-0.05, 0) is 36.5 Å². The van der Waals surface area contributed by atoms with E-state index in [1.54, 1.807) is 0 Å². The molecular formula is C16H33F. The fraction of sp³-hybridized carbons (Fsp3) is 1.00. The topological polar surface area (TPSA) is 0 Å². The summed E-state index contributed by atoms with van der Waals surface area (Å²) in [6.45, 7) is 13.1. The summed E-state index contributed by atoms with van der Waals surface area (Å²) in [4.78, 5) is 0. The summed E-state index contributed by atoms with van der Waals surface area (Å²) in [5.41, 5.74) is 0. The van der Waals surface area contributed by atoms with Crippen LogP contribution in [0.4, 0.5) is 4.39 Å². The molecule has 0 rings (SSSR count). The van der Waals surface area contributed by atoms with Crippen molar-refractivity contribution in [2.24, 2.45) is 23.7 Å². The Morgan fingerprint density at radius 3 is 1.76 bits per heavy atom. The largest absolute Gasteiger partial charge is 0.247 e. The maximum absolute atomic E-state index is 14.2. The zero-order chi connectivity index (χ0) is 13.4. The minimum absolute atomic E-state index is 0.272. The van der Waals surface area contributed by atoms with E-state index in [1.165, 1.54) is 12.8 Å². The third kappa shape index (κ3) is 5.88. The standard InChI is InChI=1S/C16H33F/c1-7-13(6)16(15(17)9-3)14(8-2)11-10-12(4)5/h12-16H,7-11H2,1-6H3. The molecule has 4 atom stereocenters. The highest BCUT2D eigenvalue weighted by atomic mass is 19.1. The van der Waals surface area contributed by atoms with Crippen molar-refractivity contribution in [2.45, 2.75) is 79.8 Å². The molecule has 4 unspecified atom stereocenters. The van der Waals surface area contributed by atoms with Crippen LogP contribution >= 0.6 is 0 Å². The molecule has 0 fully saturated rings. The lowest BCUT2D eigenvalue weighted by molar-refractivity contribution is 0.0936. The molecule has 0 radical (unpaired) electrons. The molecule has 0 heterocycles. The Balaban J connectivity index is 4.60. The second kappa shape index (κ2) is 8.94. The first-order valence-corrected chi connectivity index (χ1v) is 7.61. The quantitative estimate of drug-likeness (QED) is 0.476. The van der Waals surface area contributed by atoms with Crippen molar-refractivity contribution in [3.05, 3.63) is 0 Å². The maximum Gasteiger partial charge on any atom is 0.103 e. The SMILES string of the molecule is CCC(C)C(C(F)CC)C(CC)CCC(C)C. The van der Waals surface area contributed by atoms with Crippen LogP contribution in [0.5, 0.6) is 0 Å². The van der Waals surface area contributed by atoms with E-state index in [2.05, 4.69) is 34.6 Å². The van der Waals surface area contributed by atoms with Crippen LogP contribution in [0.25, 0.3) is 0 Å². The molecule has 0 saturated carbocycles. The predicted octanol–water partition coefficient (Wildman–Crippen LogP) is 5.86. The minimum Gasteiger partial charge on any atom is -0.247 e. The van der Waals surface area contributed by atoms with Gasteiger partial charge in [-0.15, -0.1) is 0 Å². The van der Waals surface area contributed by atoms with Crippen molar-refractivity contribution < 1.29 is 4.39 Å². The molecule has 1 heteroatoms. The van der Waals surface area contributed by atoms with E-state index in [-0.39, 0.29) is 5.92 Å². The molecule has 104 valence electrons. The van der Waals surface area contributed by atoms with Crippen LogP contribution in [0.2, 0.25) is 0 Å². The first-order chi connectivity index (χ1) is 7.97. The molecule has 0 nitrogen and oxygen atoms in total. The second-order valence-electron chi connectivity index (χ2n) is 6.03. The lowest BCUT2D eigenvalue weighted by Gasteiger charge is -2.33. The highest BCUT2D eigenvalue weighted by molar-refractivity contribution is 4.80. The van der Waals surface area contributed by atoms with Crippen LogP contribution in [0.1, 0.15) is 73.6 Å². The lowest BCUT2D eigenvalue weighted by atomic mass is 9.73. The molecule has 0 aliphatic rings. The summed E-state index contributed by atoms with van der Waals surface area (Å²) in [5.74, 6) is 2.10. The third-order valence-corrected chi connectivity index (χ3v) is 4.29. The predicted molar refractivity (Wildman–Crippen MR) is 76.0 cm³/mol. The summed E-state index contributed by atoms with van der Waals surface area (Å²) >= 11 is 0. The van der Waals surface area contributed by atoms with E-state index in [0.717, 1.165) is 18.8 Å². The van der Waals surface area contributed by atoms with Gasteiger partial charge in [-0.25, -0.2) is 4.39 Å². The van der Waals surface area contributed by atoms with Crippen molar-refractivity contribution in [3.8, 4) is 0 Å². The van der Waals surface area contributed by atoms with E-state index >= 15 is 0 Å². The van der Waals surface area contributed by atoms with Gasteiger partial charge in [0, 0.05) is 0 Å². The maximum atomic E-state index is 14.2. The van der Waals surface area contributed by atoms with Gasteiger partial charge >= 0.3 is 0 Å². The molecule has 0 aliphatic heterocycles. The monoisotopic (exact) mass is 244 g/mol. The fourth-order valence-electron chi connectivity index (χ4n) is 2.88. The highest BCUT2D eigenvalue weighted by Crippen LogP contribution is 2.35. The second-order valence-corrected chi connectivity index (χ2v) is 6.03. The summed E-state index contributed by atoms with van der Waals surface area (Å²) < 4.78 is 14.2. The molecule has 0 spiro atoms. The van der Waals surface area contributed by atoms with Crippen molar-refractivity contribution in [2.75, 3.05) is 0 Å². The molecule has 0 saturated heterocycles. The minimum atomic E-state index is -0.609. The van der Waals surface area contributed by atoms with Gasteiger partial charge in [0.2, 0.25) is 0 Å². The van der Waals surface area contributed by atoms with Crippen LogP contribution in [0, 0.1) is 23.7 Å². The number of hydrogen-bond acceptors (Lipinski definition) is 0. The van der Waals surface area contributed by atoms with Crippen LogP contribution in [-0.2, 0) is 0 Å². The van der Waals surface area contributed by atoms with E-state index in [9.17, 15) is 4.39 Å². The van der Waals surface area contributed by atoms with Gasteiger partial charge in [0.25, 0.3) is 0 Å². The van der Waals surface area contributed by atoms with Crippen molar-refractivity contribution in [1.29, 1.82) is 0 Å². The van der Waals surface area contributed by atoms with E-state index in [4.69, 9.17) is 0 Å². The Morgan fingerprint density at radius 2 is 1.41 bits per heavy atom. The zero-order valence-corrected chi connectivity index (χ0v) is 12.8. The molecule has 0 aromatic heterocycles. The van der Waals surface area contributed by atoms with Gasteiger partial charge in [-0.3, -0.25) is 0 Å². The lowest BCUT2D eigenvalue weighted by Crippen LogP contribution is -2.30. The van der Waals surface area contributed by atoms with E-state index < -0.39 is 6.17 Å². The van der Waals surface area contributed by atoms with Gasteiger partial charge in [-0.1, -0.05) is 60.8 Å². The number of rotatable bonds is 9. The summed E-state index contributed by atoms with van der Waals surface area (Å²) in [5, 5.41) is 0. The fourth-order valence-corrected chi connectivity index (χ4v) is 2.88. The van der Waals surface area contributed by atoms with Gasteiger partial charge in [0.15, 0.2) is 0 Å². The number of alkyl halides is 1. The highest BCUT2D eigenvalue weighted by Gasteiger charge is 2.31. The Bertz CT molecular complexity index is 166. The first kappa shape index (κ1) is 16.9. The number of hydrogen-bond donors (Lipinski definition) is 0. The molecule has 0 N–H and O–H groups in total. The Kier molecular flexibility index (Phi) is 8.90. The van der Waals surface area contributed by atoms with Gasteiger partial charge in [-0.2, -0.15) is 0 Å². The first-order valence-electron chi connectivity index (χ1n) is 7.61. The van der Waals surface area contributed by atoms with Crippen molar-refractivity contribution in [1.82, 2.24) is 0 Å². The molecular weight excluding hydrogens is 211 g/mol. The Labute approximate surface area is 108 Å². The van der Waals surface area contributed by atoms with Crippen LogP contribution in [-0.4, -0.2) is 6.17 Å². The van der Waals surface area contributed by atoms with Gasteiger partial charge in [0.05, 0.1) is 0 Å². The Hall–Kier alpha value is -0.0700. The van der Waals surface area contributed by atoms with Crippen molar-refractivity contribution >= 4 is 0 Å². The summed E-state index contributed by atoms with van der Waals surface area (Å²) in [6, 6.07) is 0. The van der Waals surface area contributed by atoms with Crippen LogP contribution in [0.15, 0.2) is 0 Å². The molecule has 0 amide bonds. The number of halogens is 1. The molecule has 0 aromatic carbocycles. The van der Waals surface area contributed by atoms with E-state index in [1.807, 2.05) is 6.92 Å². The molecule has 0 aromatic rings. The molecule has 0 bridgehead atoms. The van der Waals surface area contributed by atoms with Crippen LogP contribution < -0.4 is 0 Å². The zero-order valence-electron chi connectivity index (χ0n) is 12.8. The average molecular weight is 244 g/mol. The van der Waals surface area contributed by atoms with Crippen molar-refractivity contribution in [3.63, 3.8) is 0 Å². The van der Waals surface area contributed by atoms with Gasteiger partial charge < -0.3 is 0 Å². The van der Waals surface area contributed by atoms with Gasteiger partial charge in [0.1, 0.15) is 6.17 Å². The van der Waals surface area contributed by atoms with E-state index in [0.29, 0.717) is 18.3 Å².